The maximum atomic E-state index is 13.0. The van der Waals surface area contributed by atoms with Crippen molar-refractivity contribution in [1.29, 1.82) is 0 Å². The number of hydrogen-bond donors (Lipinski definition) is 1. The Labute approximate surface area is 149 Å². The maximum absolute atomic E-state index is 13.0. The third-order valence-electron chi connectivity index (χ3n) is 5.20. The fraction of sp³-hybridized carbons (Fsp3) is 0.611. The van der Waals surface area contributed by atoms with Crippen LogP contribution in [-0.4, -0.2) is 49.7 Å². The van der Waals surface area contributed by atoms with Gasteiger partial charge >= 0.3 is 0 Å². The van der Waals surface area contributed by atoms with Crippen LogP contribution in [-0.2, 0) is 16.0 Å². The minimum atomic E-state index is -0.643. The van der Waals surface area contributed by atoms with E-state index in [1.807, 2.05) is 17.0 Å². The molecule has 3 rings (SSSR count). The van der Waals surface area contributed by atoms with Crippen molar-refractivity contribution in [2.45, 2.75) is 31.3 Å². The van der Waals surface area contributed by atoms with E-state index in [0.717, 1.165) is 57.4 Å². The molecule has 1 aromatic carbocycles. The first-order valence-electron chi connectivity index (χ1n) is 8.43. The number of amides is 1. The summed E-state index contributed by atoms with van der Waals surface area (Å²) in [5, 5.41) is 3.28. The molecule has 0 saturated carbocycles. The molecule has 0 aliphatic carbocycles. The summed E-state index contributed by atoms with van der Waals surface area (Å²) in [5.41, 5.74) is 0.491. The number of hydrogen-bond acceptors (Lipinski definition) is 3. The zero-order valence-electron chi connectivity index (χ0n) is 14.1. The van der Waals surface area contributed by atoms with E-state index >= 15 is 0 Å². The van der Waals surface area contributed by atoms with Crippen LogP contribution in [0.5, 0.6) is 0 Å². The van der Waals surface area contributed by atoms with Gasteiger partial charge in [-0.1, -0.05) is 12.1 Å². The lowest BCUT2D eigenvalue weighted by atomic mass is 9.90. The molecule has 1 unspecified atom stereocenters. The van der Waals surface area contributed by atoms with Crippen LogP contribution in [0, 0.1) is 11.7 Å². The van der Waals surface area contributed by atoms with Crippen LogP contribution in [0.15, 0.2) is 24.3 Å². The van der Waals surface area contributed by atoms with Gasteiger partial charge in [0.2, 0.25) is 0 Å². The van der Waals surface area contributed by atoms with Crippen molar-refractivity contribution >= 4 is 18.3 Å². The van der Waals surface area contributed by atoms with Gasteiger partial charge in [0.25, 0.3) is 5.91 Å². The molecule has 24 heavy (non-hydrogen) atoms. The van der Waals surface area contributed by atoms with Gasteiger partial charge in [-0.3, -0.25) is 4.79 Å². The van der Waals surface area contributed by atoms with Crippen LogP contribution in [0.3, 0.4) is 0 Å². The Morgan fingerprint density at radius 3 is 2.62 bits per heavy atom. The molecule has 2 fully saturated rings. The molecular formula is C18H26ClFN2O2. The second kappa shape index (κ2) is 8.28. The molecule has 134 valence electrons. The van der Waals surface area contributed by atoms with Gasteiger partial charge in [-0.15, -0.1) is 12.4 Å². The first-order chi connectivity index (χ1) is 11.1. The van der Waals surface area contributed by atoms with E-state index in [1.54, 1.807) is 7.11 Å². The number of halogens is 2. The molecule has 0 bridgehead atoms. The van der Waals surface area contributed by atoms with Crippen molar-refractivity contribution in [3.05, 3.63) is 35.6 Å². The summed E-state index contributed by atoms with van der Waals surface area (Å²) >= 11 is 0. The van der Waals surface area contributed by atoms with Crippen LogP contribution >= 0.6 is 12.4 Å². The van der Waals surface area contributed by atoms with Gasteiger partial charge in [-0.2, -0.15) is 0 Å². The zero-order valence-corrected chi connectivity index (χ0v) is 14.9. The van der Waals surface area contributed by atoms with Gasteiger partial charge < -0.3 is 15.0 Å². The molecule has 6 heteroatoms. The van der Waals surface area contributed by atoms with Crippen molar-refractivity contribution in [2.75, 3.05) is 33.3 Å². The van der Waals surface area contributed by atoms with E-state index in [1.165, 1.54) is 12.1 Å². The van der Waals surface area contributed by atoms with E-state index < -0.39 is 5.60 Å². The molecule has 2 aliphatic rings. The second-order valence-electron chi connectivity index (χ2n) is 6.68. The van der Waals surface area contributed by atoms with Crippen molar-refractivity contribution in [3.8, 4) is 0 Å². The monoisotopic (exact) mass is 356 g/mol. The molecule has 0 aromatic heterocycles. The number of nitrogens with one attached hydrogen (secondary N) is 1. The molecular weight excluding hydrogens is 331 g/mol. The van der Waals surface area contributed by atoms with Gasteiger partial charge in [0, 0.05) is 20.2 Å². The van der Waals surface area contributed by atoms with Crippen LogP contribution < -0.4 is 5.32 Å². The topological polar surface area (TPSA) is 41.6 Å². The van der Waals surface area contributed by atoms with Gasteiger partial charge in [-0.25, -0.2) is 4.39 Å². The van der Waals surface area contributed by atoms with Crippen molar-refractivity contribution < 1.29 is 13.9 Å². The van der Waals surface area contributed by atoms with Crippen molar-refractivity contribution in [1.82, 2.24) is 10.2 Å². The van der Waals surface area contributed by atoms with Gasteiger partial charge in [-0.05, 0) is 62.4 Å². The SMILES string of the molecule is COC1(C(=O)N2CCC(Cc3ccc(F)cc3)C2)CCNCC1.Cl. The number of rotatable bonds is 4. The lowest BCUT2D eigenvalue weighted by molar-refractivity contribution is -0.157. The van der Waals surface area contributed by atoms with Gasteiger partial charge in [0.05, 0.1) is 0 Å². The maximum Gasteiger partial charge on any atom is 0.254 e. The molecule has 4 nitrogen and oxygen atoms in total. The summed E-state index contributed by atoms with van der Waals surface area (Å²) in [6.45, 7) is 3.22. The van der Waals surface area contributed by atoms with Crippen LogP contribution in [0.25, 0.3) is 0 Å². The Morgan fingerprint density at radius 1 is 1.33 bits per heavy atom. The highest BCUT2D eigenvalue weighted by atomic mass is 35.5. The summed E-state index contributed by atoms with van der Waals surface area (Å²) in [6.07, 6.45) is 3.37. The molecule has 0 spiro atoms. The number of likely N-dealkylation sites (tertiary alicyclic amines) is 1. The molecule has 2 saturated heterocycles. The Balaban J connectivity index is 0.00000208. The number of carbonyl (C=O) groups excluding carboxylic acids is 1. The second-order valence-corrected chi connectivity index (χ2v) is 6.68. The standard InChI is InChI=1S/C18H25FN2O2.ClH/c1-23-18(7-9-20-10-8-18)17(22)21-11-6-15(13-21)12-14-2-4-16(19)5-3-14;/h2-5,15,20H,6-13H2,1H3;1H. The Hall–Kier alpha value is -1.17. The van der Waals surface area contributed by atoms with E-state index in [9.17, 15) is 9.18 Å². The smallest absolute Gasteiger partial charge is 0.254 e. The number of piperidine rings is 1. The molecule has 1 aromatic rings. The predicted octanol–water partition coefficient (Wildman–Crippen LogP) is 2.41. The molecule has 1 N–H and O–H groups in total. The van der Waals surface area contributed by atoms with Crippen molar-refractivity contribution in [3.63, 3.8) is 0 Å². The third-order valence-corrected chi connectivity index (χ3v) is 5.20. The summed E-state index contributed by atoms with van der Waals surface area (Å²) in [6, 6.07) is 6.68. The Kier molecular flexibility index (Phi) is 6.61. The van der Waals surface area contributed by atoms with E-state index in [-0.39, 0.29) is 24.1 Å². The summed E-state index contributed by atoms with van der Waals surface area (Å²) in [7, 11) is 1.65. The average Bonchev–Trinajstić information content (AvgIpc) is 3.05. The van der Waals surface area contributed by atoms with E-state index in [4.69, 9.17) is 4.74 Å². The molecule has 0 radical (unpaired) electrons. The largest absolute Gasteiger partial charge is 0.368 e. The Bertz CT molecular complexity index is 546. The molecule has 1 atom stereocenters. The normalized spacial score (nSPS) is 22.9. The number of benzene rings is 1. The van der Waals surface area contributed by atoms with Gasteiger partial charge in [0.1, 0.15) is 11.4 Å². The molecule has 1 amide bonds. The molecule has 2 heterocycles. The fourth-order valence-corrected chi connectivity index (χ4v) is 3.76. The van der Waals surface area contributed by atoms with Crippen LogP contribution in [0.2, 0.25) is 0 Å². The van der Waals surface area contributed by atoms with Crippen LogP contribution in [0.1, 0.15) is 24.8 Å². The fourth-order valence-electron chi connectivity index (χ4n) is 3.76. The first-order valence-corrected chi connectivity index (χ1v) is 8.43. The number of carbonyl (C=O) groups is 1. The quantitative estimate of drug-likeness (QED) is 0.900. The lowest BCUT2D eigenvalue weighted by Gasteiger charge is -2.37. The number of nitrogens with zero attached hydrogens (tertiary/aromatic N) is 1. The summed E-state index contributed by atoms with van der Waals surface area (Å²) in [4.78, 5) is 14.9. The summed E-state index contributed by atoms with van der Waals surface area (Å²) < 4.78 is 18.6. The molecule has 2 aliphatic heterocycles. The zero-order chi connectivity index (χ0) is 16.3. The number of ether oxygens (including phenoxy) is 1. The minimum Gasteiger partial charge on any atom is -0.368 e. The van der Waals surface area contributed by atoms with Crippen LogP contribution in [0.4, 0.5) is 4.39 Å². The Morgan fingerprint density at radius 2 is 2.00 bits per heavy atom. The van der Waals surface area contributed by atoms with Gasteiger partial charge in [0.15, 0.2) is 0 Å². The predicted molar refractivity (Wildman–Crippen MR) is 93.9 cm³/mol. The first kappa shape index (κ1) is 19.2. The number of methoxy groups -OCH3 is 1. The highest BCUT2D eigenvalue weighted by Gasteiger charge is 2.43. The lowest BCUT2D eigenvalue weighted by Crippen LogP contribution is -2.54. The average molecular weight is 357 g/mol. The third kappa shape index (κ3) is 4.08. The minimum absolute atomic E-state index is 0. The van der Waals surface area contributed by atoms with E-state index in [0.29, 0.717) is 5.92 Å². The van der Waals surface area contributed by atoms with E-state index in [2.05, 4.69) is 5.32 Å². The highest BCUT2D eigenvalue weighted by Crippen LogP contribution is 2.29. The summed E-state index contributed by atoms with van der Waals surface area (Å²) in [5.74, 6) is 0.382. The van der Waals surface area contributed by atoms with Crippen molar-refractivity contribution in [2.24, 2.45) is 5.92 Å². The highest BCUT2D eigenvalue weighted by molar-refractivity contribution is 5.86.